The first-order valence-corrected chi connectivity index (χ1v) is 6.63. The zero-order valence-electron chi connectivity index (χ0n) is 11.8. The molecule has 2 N–H and O–H groups in total. The topological polar surface area (TPSA) is 53.1 Å². The average molecular weight is 259 g/mol. The third-order valence-corrected chi connectivity index (χ3v) is 3.31. The molecule has 2 rings (SSSR count). The molecule has 0 spiro atoms. The van der Waals surface area contributed by atoms with Gasteiger partial charge in [0.2, 0.25) is 0 Å². The molecule has 2 aromatic rings. The van der Waals surface area contributed by atoms with Crippen molar-refractivity contribution in [1.29, 1.82) is 0 Å². The molecule has 19 heavy (non-hydrogen) atoms. The van der Waals surface area contributed by atoms with Crippen molar-refractivity contribution in [3.63, 3.8) is 0 Å². The monoisotopic (exact) mass is 259 g/mol. The van der Waals surface area contributed by atoms with E-state index in [1.165, 1.54) is 11.3 Å². The fourth-order valence-electron chi connectivity index (χ4n) is 2.32. The van der Waals surface area contributed by atoms with Crippen molar-refractivity contribution in [3.8, 4) is 5.75 Å². The van der Waals surface area contributed by atoms with Crippen molar-refractivity contribution in [1.82, 2.24) is 9.78 Å². The summed E-state index contributed by atoms with van der Waals surface area (Å²) in [4.78, 5) is 0. The van der Waals surface area contributed by atoms with Crippen LogP contribution in [0.4, 0.5) is 5.69 Å². The first-order valence-electron chi connectivity index (χ1n) is 6.63. The predicted molar refractivity (Wildman–Crippen MR) is 77.4 cm³/mol. The van der Waals surface area contributed by atoms with Gasteiger partial charge in [-0.25, -0.2) is 0 Å². The number of hydrogen-bond donors (Lipinski definition) is 1. The quantitative estimate of drug-likeness (QED) is 0.840. The second-order valence-corrected chi connectivity index (χ2v) is 4.65. The fraction of sp³-hybridized carbons (Fsp3) is 0.400. The van der Waals surface area contributed by atoms with Crippen LogP contribution < -0.4 is 10.5 Å². The molecule has 102 valence electrons. The summed E-state index contributed by atoms with van der Waals surface area (Å²) in [5, 5.41) is 4.54. The SMILES string of the molecule is CCc1c(C)nn(CCOc2cccc(N)c2)c1C. The number of hydrogen-bond acceptors (Lipinski definition) is 3. The Morgan fingerprint density at radius 3 is 2.74 bits per heavy atom. The molecule has 0 saturated heterocycles. The van der Waals surface area contributed by atoms with Crippen LogP contribution in [0.3, 0.4) is 0 Å². The van der Waals surface area contributed by atoms with Crippen LogP contribution in [0.2, 0.25) is 0 Å². The number of nitrogen functional groups attached to an aromatic ring is 1. The number of aryl methyl sites for hydroxylation is 1. The summed E-state index contributed by atoms with van der Waals surface area (Å²) in [6.45, 7) is 7.67. The Morgan fingerprint density at radius 2 is 2.11 bits per heavy atom. The van der Waals surface area contributed by atoms with E-state index in [9.17, 15) is 0 Å². The molecule has 0 atom stereocenters. The van der Waals surface area contributed by atoms with E-state index >= 15 is 0 Å². The van der Waals surface area contributed by atoms with Gasteiger partial charge >= 0.3 is 0 Å². The molecule has 0 radical (unpaired) electrons. The molecule has 0 fully saturated rings. The molecule has 0 unspecified atom stereocenters. The number of anilines is 1. The lowest BCUT2D eigenvalue weighted by Crippen LogP contribution is -2.11. The zero-order chi connectivity index (χ0) is 13.8. The van der Waals surface area contributed by atoms with Crippen molar-refractivity contribution < 1.29 is 4.74 Å². The van der Waals surface area contributed by atoms with Gasteiger partial charge in [-0.2, -0.15) is 5.10 Å². The Hall–Kier alpha value is -1.97. The Bertz CT molecular complexity index is 561. The van der Waals surface area contributed by atoms with Crippen LogP contribution in [0.1, 0.15) is 23.9 Å². The molecule has 1 aromatic carbocycles. The molecule has 0 saturated carbocycles. The van der Waals surface area contributed by atoms with E-state index in [2.05, 4.69) is 25.9 Å². The van der Waals surface area contributed by atoms with Gasteiger partial charge in [0.25, 0.3) is 0 Å². The number of nitrogens with two attached hydrogens (primary N) is 1. The zero-order valence-corrected chi connectivity index (χ0v) is 11.8. The van der Waals surface area contributed by atoms with Crippen LogP contribution in [0, 0.1) is 13.8 Å². The van der Waals surface area contributed by atoms with Crippen molar-refractivity contribution in [2.24, 2.45) is 0 Å². The fourth-order valence-corrected chi connectivity index (χ4v) is 2.32. The maximum absolute atomic E-state index is 5.71. The number of ether oxygens (including phenoxy) is 1. The highest BCUT2D eigenvalue weighted by atomic mass is 16.5. The Kier molecular flexibility index (Phi) is 4.10. The van der Waals surface area contributed by atoms with Gasteiger partial charge in [0.15, 0.2) is 0 Å². The number of rotatable bonds is 5. The maximum Gasteiger partial charge on any atom is 0.121 e. The smallest absolute Gasteiger partial charge is 0.121 e. The normalized spacial score (nSPS) is 10.7. The summed E-state index contributed by atoms with van der Waals surface area (Å²) in [5.74, 6) is 0.803. The second-order valence-electron chi connectivity index (χ2n) is 4.65. The third kappa shape index (κ3) is 3.08. The van der Waals surface area contributed by atoms with Crippen LogP contribution in [-0.2, 0) is 13.0 Å². The Morgan fingerprint density at radius 1 is 1.32 bits per heavy atom. The van der Waals surface area contributed by atoms with Gasteiger partial charge in [-0.3, -0.25) is 4.68 Å². The van der Waals surface area contributed by atoms with Crippen LogP contribution in [0.5, 0.6) is 5.75 Å². The molecule has 0 aliphatic carbocycles. The Labute approximate surface area is 114 Å². The van der Waals surface area contributed by atoms with Crippen LogP contribution in [0.15, 0.2) is 24.3 Å². The minimum Gasteiger partial charge on any atom is -0.492 e. The van der Waals surface area contributed by atoms with E-state index in [0.29, 0.717) is 6.61 Å². The lowest BCUT2D eigenvalue weighted by atomic mass is 10.1. The Balaban J connectivity index is 1.96. The van der Waals surface area contributed by atoms with Crippen LogP contribution >= 0.6 is 0 Å². The maximum atomic E-state index is 5.71. The van der Waals surface area contributed by atoms with E-state index in [1.807, 2.05) is 28.9 Å². The van der Waals surface area contributed by atoms with E-state index in [0.717, 1.165) is 30.1 Å². The van der Waals surface area contributed by atoms with Gasteiger partial charge in [0, 0.05) is 17.4 Å². The van der Waals surface area contributed by atoms with Crippen LogP contribution in [-0.4, -0.2) is 16.4 Å². The second kappa shape index (κ2) is 5.78. The molecule has 0 bridgehead atoms. The summed E-state index contributed by atoms with van der Waals surface area (Å²) in [6, 6.07) is 7.48. The highest BCUT2D eigenvalue weighted by Gasteiger charge is 2.09. The standard InChI is InChI=1S/C15H21N3O/c1-4-15-11(2)17-18(12(15)3)8-9-19-14-7-5-6-13(16)10-14/h5-7,10H,4,8-9,16H2,1-3H3. The highest BCUT2D eigenvalue weighted by Crippen LogP contribution is 2.16. The predicted octanol–water partition coefficient (Wildman–Crippen LogP) is 2.72. The first kappa shape index (κ1) is 13.5. The van der Waals surface area contributed by atoms with Gasteiger partial charge in [-0.15, -0.1) is 0 Å². The summed E-state index contributed by atoms with van der Waals surface area (Å²) in [6.07, 6.45) is 1.02. The molecular formula is C15H21N3O. The van der Waals surface area contributed by atoms with Crippen molar-refractivity contribution in [3.05, 3.63) is 41.2 Å². The summed E-state index contributed by atoms with van der Waals surface area (Å²) < 4.78 is 7.70. The van der Waals surface area contributed by atoms with E-state index in [-0.39, 0.29) is 0 Å². The lowest BCUT2D eigenvalue weighted by molar-refractivity contribution is 0.289. The largest absolute Gasteiger partial charge is 0.492 e. The summed E-state index contributed by atoms with van der Waals surface area (Å²) in [7, 11) is 0. The lowest BCUT2D eigenvalue weighted by Gasteiger charge is -2.08. The molecule has 1 heterocycles. The summed E-state index contributed by atoms with van der Waals surface area (Å²) >= 11 is 0. The molecule has 0 aliphatic heterocycles. The van der Waals surface area contributed by atoms with Crippen molar-refractivity contribution in [2.75, 3.05) is 12.3 Å². The highest BCUT2D eigenvalue weighted by molar-refractivity contribution is 5.43. The first-order chi connectivity index (χ1) is 9.11. The molecular weight excluding hydrogens is 238 g/mol. The molecule has 1 aromatic heterocycles. The minimum atomic E-state index is 0.592. The van der Waals surface area contributed by atoms with Crippen molar-refractivity contribution in [2.45, 2.75) is 33.7 Å². The van der Waals surface area contributed by atoms with Gasteiger partial charge in [0.1, 0.15) is 12.4 Å². The average Bonchev–Trinajstić information content (AvgIpc) is 2.64. The molecule has 4 heteroatoms. The van der Waals surface area contributed by atoms with E-state index in [4.69, 9.17) is 10.5 Å². The molecule has 0 amide bonds. The van der Waals surface area contributed by atoms with Gasteiger partial charge in [-0.1, -0.05) is 13.0 Å². The van der Waals surface area contributed by atoms with Crippen LogP contribution in [0.25, 0.3) is 0 Å². The molecule has 0 aliphatic rings. The molecule has 4 nitrogen and oxygen atoms in total. The van der Waals surface area contributed by atoms with E-state index in [1.54, 1.807) is 0 Å². The van der Waals surface area contributed by atoms with Gasteiger partial charge in [0.05, 0.1) is 12.2 Å². The van der Waals surface area contributed by atoms with Gasteiger partial charge < -0.3 is 10.5 Å². The van der Waals surface area contributed by atoms with E-state index < -0.39 is 0 Å². The minimum absolute atomic E-state index is 0.592. The summed E-state index contributed by atoms with van der Waals surface area (Å²) in [5.41, 5.74) is 10.1. The number of aromatic nitrogens is 2. The van der Waals surface area contributed by atoms with Gasteiger partial charge in [-0.05, 0) is 38.0 Å². The third-order valence-electron chi connectivity index (χ3n) is 3.31. The van der Waals surface area contributed by atoms with Crippen molar-refractivity contribution >= 4 is 5.69 Å². The number of benzene rings is 1. The number of nitrogens with zero attached hydrogens (tertiary/aromatic N) is 2.